The van der Waals surface area contributed by atoms with Gasteiger partial charge in [-0.3, -0.25) is 9.69 Å². The Morgan fingerprint density at radius 2 is 1.77 bits per heavy atom. The number of benzene rings is 1. The maximum absolute atomic E-state index is 13.1. The van der Waals surface area contributed by atoms with Crippen molar-refractivity contribution >= 4 is 43.2 Å². The number of hydrogen-bond donors (Lipinski definition) is 0. The Kier molecular flexibility index (Phi) is 6.94. The minimum atomic E-state index is -3.54. The van der Waals surface area contributed by atoms with Crippen LogP contribution in [0.4, 0.5) is 0 Å². The molecule has 2 aliphatic rings. The van der Waals surface area contributed by atoms with Crippen molar-refractivity contribution in [1.29, 1.82) is 0 Å². The number of amides is 1. The predicted molar refractivity (Wildman–Crippen MR) is 122 cm³/mol. The van der Waals surface area contributed by atoms with Gasteiger partial charge in [0.15, 0.2) is 0 Å². The van der Waals surface area contributed by atoms with E-state index in [1.165, 1.54) is 21.2 Å². The molecule has 6 nitrogen and oxygen atoms in total. The Morgan fingerprint density at radius 1 is 1.03 bits per heavy atom. The highest BCUT2D eigenvalue weighted by atomic mass is 79.9. The topological polar surface area (TPSA) is 60.9 Å². The Morgan fingerprint density at radius 3 is 2.43 bits per heavy atom. The molecule has 1 aromatic heterocycles. The van der Waals surface area contributed by atoms with E-state index in [2.05, 4.69) is 33.0 Å². The van der Waals surface area contributed by atoms with Gasteiger partial charge in [-0.2, -0.15) is 4.31 Å². The summed E-state index contributed by atoms with van der Waals surface area (Å²) >= 11 is 4.55. The number of nitrogens with zero attached hydrogens (tertiary/aromatic N) is 3. The van der Waals surface area contributed by atoms with Gasteiger partial charge in [-0.25, -0.2) is 8.42 Å². The molecule has 162 valence electrons. The van der Waals surface area contributed by atoms with E-state index in [1.807, 2.05) is 23.1 Å². The normalized spacial score (nSPS) is 21.6. The number of hydrogen-bond acceptors (Lipinski definition) is 5. The molecule has 1 amide bonds. The average Bonchev–Trinajstić information content (AvgIpc) is 3.22. The zero-order valence-electron chi connectivity index (χ0n) is 16.7. The summed E-state index contributed by atoms with van der Waals surface area (Å²) in [4.78, 5) is 17.4. The van der Waals surface area contributed by atoms with E-state index in [4.69, 9.17) is 0 Å². The van der Waals surface area contributed by atoms with Crippen LogP contribution in [0, 0.1) is 5.92 Å². The summed E-state index contributed by atoms with van der Waals surface area (Å²) in [5.41, 5.74) is 1.28. The number of carbonyl (C=O) groups is 1. The van der Waals surface area contributed by atoms with E-state index in [-0.39, 0.29) is 18.4 Å². The molecule has 0 N–H and O–H groups in total. The minimum Gasteiger partial charge on any atom is -0.340 e. The first-order valence-electron chi connectivity index (χ1n) is 10.2. The summed E-state index contributed by atoms with van der Waals surface area (Å²) in [6.07, 6.45) is 1.47. The lowest BCUT2D eigenvalue weighted by molar-refractivity contribution is -0.138. The second-order valence-electron chi connectivity index (χ2n) is 7.85. The summed E-state index contributed by atoms with van der Waals surface area (Å²) in [6, 6.07) is 13.7. The number of sulfonamides is 1. The van der Waals surface area contributed by atoms with Gasteiger partial charge in [-0.05, 0) is 46.5 Å². The average molecular weight is 512 g/mol. The molecule has 2 aliphatic heterocycles. The highest BCUT2D eigenvalue weighted by Crippen LogP contribution is 2.31. The molecule has 0 spiro atoms. The van der Waals surface area contributed by atoms with Crippen molar-refractivity contribution in [3.8, 4) is 0 Å². The largest absolute Gasteiger partial charge is 0.340 e. The Balaban J connectivity index is 1.34. The van der Waals surface area contributed by atoms with E-state index >= 15 is 0 Å². The van der Waals surface area contributed by atoms with Gasteiger partial charge >= 0.3 is 0 Å². The van der Waals surface area contributed by atoms with Gasteiger partial charge in [0.05, 0.1) is 9.70 Å². The number of thiophene rings is 1. The molecular formula is C21H26BrN3O3S2. The predicted octanol–water partition coefficient (Wildman–Crippen LogP) is 3.26. The third-order valence-electron chi connectivity index (χ3n) is 5.81. The quantitative estimate of drug-likeness (QED) is 0.617. The highest BCUT2D eigenvalue weighted by Gasteiger charge is 2.36. The van der Waals surface area contributed by atoms with Gasteiger partial charge < -0.3 is 4.90 Å². The summed E-state index contributed by atoms with van der Waals surface area (Å²) in [5, 5.41) is 0. The van der Waals surface area contributed by atoms with E-state index in [9.17, 15) is 13.2 Å². The third-order valence-corrected chi connectivity index (χ3v) is 9.77. The van der Waals surface area contributed by atoms with E-state index in [0.717, 1.165) is 36.3 Å². The second-order valence-corrected chi connectivity index (χ2v) is 12.5. The number of carbonyl (C=O) groups excluding carboxylic acids is 1. The monoisotopic (exact) mass is 511 g/mol. The maximum atomic E-state index is 13.1. The first kappa shape index (κ1) is 22.0. The molecule has 0 saturated carbocycles. The van der Waals surface area contributed by atoms with Crippen molar-refractivity contribution < 1.29 is 13.2 Å². The van der Waals surface area contributed by atoms with Gasteiger partial charge in [0.1, 0.15) is 4.21 Å². The van der Waals surface area contributed by atoms with Crippen LogP contribution in [0.15, 0.2) is 50.5 Å². The molecule has 0 unspecified atom stereocenters. The first-order valence-corrected chi connectivity index (χ1v) is 13.3. The molecule has 2 saturated heterocycles. The molecule has 30 heavy (non-hydrogen) atoms. The van der Waals surface area contributed by atoms with Gasteiger partial charge in [0.25, 0.3) is 10.0 Å². The Labute approximate surface area is 190 Å². The van der Waals surface area contributed by atoms with Crippen LogP contribution in [0.5, 0.6) is 0 Å². The van der Waals surface area contributed by atoms with Gasteiger partial charge in [-0.1, -0.05) is 30.3 Å². The molecule has 2 fully saturated rings. The molecule has 2 aromatic rings. The molecule has 0 aliphatic carbocycles. The fourth-order valence-electron chi connectivity index (χ4n) is 4.15. The van der Waals surface area contributed by atoms with Crippen molar-refractivity contribution in [3.05, 3.63) is 51.8 Å². The zero-order valence-corrected chi connectivity index (χ0v) is 20.0. The zero-order chi connectivity index (χ0) is 21.1. The van der Waals surface area contributed by atoms with Gasteiger partial charge in [0, 0.05) is 45.8 Å². The van der Waals surface area contributed by atoms with E-state index in [1.54, 1.807) is 12.1 Å². The molecular weight excluding hydrogens is 486 g/mol. The van der Waals surface area contributed by atoms with Crippen LogP contribution in [-0.4, -0.2) is 67.7 Å². The van der Waals surface area contributed by atoms with Crippen LogP contribution < -0.4 is 0 Å². The summed E-state index contributed by atoms with van der Waals surface area (Å²) in [7, 11) is -3.54. The van der Waals surface area contributed by atoms with Crippen molar-refractivity contribution in [2.75, 3.05) is 39.3 Å². The number of rotatable bonds is 5. The van der Waals surface area contributed by atoms with Crippen LogP contribution in [0.25, 0.3) is 0 Å². The van der Waals surface area contributed by atoms with Gasteiger partial charge in [-0.15, -0.1) is 11.3 Å². The SMILES string of the molecule is O=C([C@@H]1CCCN(S(=O)(=O)c2ccc(Br)s2)C1)N1CCN(Cc2ccccc2)CC1. The molecule has 1 aromatic carbocycles. The second kappa shape index (κ2) is 9.48. The lowest BCUT2D eigenvalue weighted by Crippen LogP contribution is -2.52. The maximum Gasteiger partial charge on any atom is 0.252 e. The fourth-order valence-corrected chi connectivity index (χ4v) is 7.84. The fraction of sp³-hybridized carbons (Fsp3) is 0.476. The number of piperazine rings is 1. The minimum absolute atomic E-state index is 0.0987. The Hall–Kier alpha value is -1.26. The molecule has 9 heteroatoms. The lowest BCUT2D eigenvalue weighted by Gasteiger charge is -2.38. The third kappa shape index (κ3) is 4.96. The van der Waals surface area contributed by atoms with Crippen molar-refractivity contribution in [2.45, 2.75) is 23.6 Å². The van der Waals surface area contributed by atoms with Crippen LogP contribution in [0.2, 0.25) is 0 Å². The summed E-state index contributed by atoms with van der Waals surface area (Å²) < 4.78 is 28.5. The highest BCUT2D eigenvalue weighted by molar-refractivity contribution is 9.11. The van der Waals surface area contributed by atoms with Crippen molar-refractivity contribution in [3.63, 3.8) is 0 Å². The molecule has 4 rings (SSSR count). The van der Waals surface area contributed by atoms with Crippen LogP contribution >= 0.6 is 27.3 Å². The van der Waals surface area contributed by atoms with Gasteiger partial charge in [0.2, 0.25) is 5.91 Å². The summed E-state index contributed by atoms with van der Waals surface area (Å²) in [5.74, 6) is -0.153. The standard InChI is InChI=1S/C21H26BrN3O3S2/c22-19-8-9-20(29-19)30(27,28)25-10-4-7-18(16-25)21(26)24-13-11-23(12-14-24)15-17-5-2-1-3-6-17/h1-3,5-6,8-9,18H,4,7,10-16H2/t18-/m1/s1. The van der Waals surface area contributed by atoms with Crippen LogP contribution in [0.3, 0.4) is 0 Å². The van der Waals surface area contributed by atoms with E-state index in [0.29, 0.717) is 23.8 Å². The molecule has 1 atom stereocenters. The van der Waals surface area contributed by atoms with Crippen LogP contribution in [-0.2, 0) is 21.4 Å². The first-order chi connectivity index (χ1) is 14.4. The van der Waals surface area contributed by atoms with E-state index < -0.39 is 10.0 Å². The van der Waals surface area contributed by atoms with Crippen molar-refractivity contribution in [2.24, 2.45) is 5.92 Å². The smallest absolute Gasteiger partial charge is 0.252 e. The Bertz CT molecular complexity index is 972. The van der Waals surface area contributed by atoms with Crippen LogP contribution in [0.1, 0.15) is 18.4 Å². The molecule has 3 heterocycles. The number of piperidine rings is 1. The summed E-state index contributed by atoms with van der Waals surface area (Å²) in [6.45, 7) is 4.75. The molecule has 0 bridgehead atoms. The number of halogens is 1. The van der Waals surface area contributed by atoms with Crippen molar-refractivity contribution in [1.82, 2.24) is 14.1 Å². The molecule has 0 radical (unpaired) electrons. The lowest BCUT2D eigenvalue weighted by atomic mass is 9.97.